The molecule has 178 valence electrons. The lowest BCUT2D eigenvalue weighted by molar-refractivity contribution is -0.115. The second kappa shape index (κ2) is 10.3. The molecule has 2 aromatic heterocycles. The standard InChI is InChI=1S/C27H27ClN6O/c1-32-13-15-33(16-14-32)25-12-11-23(18-29-25)30-26(35)17-21-19-34(24-5-3-2-4-6-24)31-27(21)20-7-9-22(28)10-8-20/h2-12,18-19H,13-17H2,1H3,(H,30,35). The highest BCUT2D eigenvalue weighted by molar-refractivity contribution is 6.30. The van der Waals surface area contributed by atoms with Gasteiger partial charge in [0.25, 0.3) is 0 Å². The maximum atomic E-state index is 13.0. The van der Waals surface area contributed by atoms with Crippen molar-refractivity contribution in [1.29, 1.82) is 0 Å². The molecule has 0 radical (unpaired) electrons. The summed E-state index contributed by atoms with van der Waals surface area (Å²) in [5.41, 5.74) is 4.10. The topological polar surface area (TPSA) is 66.3 Å². The van der Waals surface area contributed by atoms with Gasteiger partial charge in [-0.1, -0.05) is 41.9 Å². The Morgan fingerprint density at radius 3 is 2.40 bits per heavy atom. The zero-order valence-corrected chi connectivity index (χ0v) is 20.3. The van der Waals surface area contributed by atoms with Crippen LogP contribution in [0, 0.1) is 0 Å². The van der Waals surface area contributed by atoms with Gasteiger partial charge in [-0.15, -0.1) is 0 Å². The van der Waals surface area contributed by atoms with E-state index in [0.717, 1.165) is 54.5 Å². The minimum absolute atomic E-state index is 0.123. The number of nitrogens with zero attached hydrogens (tertiary/aromatic N) is 5. The number of rotatable bonds is 6. The van der Waals surface area contributed by atoms with Gasteiger partial charge < -0.3 is 15.1 Å². The van der Waals surface area contributed by atoms with Crippen LogP contribution in [0.4, 0.5) is 11.5 Å². The van der Waals surface area contributed by atoms with Crippen LogP contribution in [0.15, 0.2) is 79.1 Å². The number of aromatic nitrogens is 3. The number of halogens is 1. The largest absolute Gasteiger partial charge is 0.354 e. The number of likely N-dealkylation sites (N-methyl/N-ethyl adjacent to an activating group) is 1. The number of piperazine rings is 1. The first-order chi connectivity index (χ1) is 17.0. The summed E-state index contributed by atoms with van der Waals surface area (Å²) in [4.78, 5) is 22.1. The van der Waals surface area contributed by atoms with E-state index >= 15 is 0 Å². The highest BCUT2D eigenvalue weighted by atomic mass is 35.5. The summed E-state index contributed by atoms with van der Waals surface area (Å²) in [6.07, 6.45) is 3.82. The zero-order chi connectivity index (χ0) is 24.2. The number of carbonyl (C=O) groups is 1. The molecule has 5 rings (SSSR count). The number of carbonyl (C=O) groups excluding carboxylic acids is 1. The van der Waals surface area contributed by atoms with Gasteiger partial charge >= 0.3 is 0 Å². The lowest BCUT2D eigenvalue weighted by Crippen LogP contribution is -2.44. The first kappa shape index (κ1) is 23.1. The number of hydrogen-bond acceptors (Lipinski definition) is 5. The Hall–Kier alpha value is -3.68. The Bertz CT molecular complexity index is 1280. The fraction of sp³-hybridized carbons (Fsp3) is 0.222. The van der Waals surface area contributed by atoms with Gasteiger partial charge in [-0.25, -0.2) is 9.67 Å². The Kier molecular flexibility index (Phi) is 6.79. The fourth-order valence-corrected chi connectivity index (χ4v) is 4.29. The Morgan fingerprint density at radius 2 is 1.71 bits per heavy atom. The molecule has 2 aromatic carbocycles. The molecule has 4 aromatic rings. The van der Waals surface area contributed by atoms with Crippen molar-refractivity contribution in [1.82, 2.24) is 19.7 Å². The third-order valence-electron chi connectivity index (χ3n) is 6.14. The molecule has 8 heteroatoms. The predicted octanol–water partition coefficient (Wildman–Crippen LogP) is 4.52. The Morgan fingerprint density at radius 1 is 0.971 bits per heavy atom. The molecule has 0 saturated carbocycles. The summed E-state index contributed by atoms with van der Waals surface area (Å²) in [7, 11) is 2.13. The van der Waals surface area contributed by atoms with Crippen molar-refractivity contribution in [3.63, 3.8) is 0 Å². The SMILES string of the molecule is CN1CCN(c2ccc(NC(=O)Cc3cn(-c4ccccc4)nc3-c3ccc(Cl)cc3)cn2)CC1. The first-order valence-corrected chi connectivity index (χ1v) is 12.0. The van der Waals surface area contributed by atoms with Gasteiger partial charge in [0.2, 0.25) is 5.91 Å². The molecule has 1 fully saturated rings. The molecular weight excluding hydrogens is 460 g/mol. The number of amides is 1. The maximum Gasteiger partial charge on any atom is 0.228 e. The number of nitrogens with one attached hydrogen (secondary N) is 1. The minimum atomic E-state index is -0.123. The summed E-state index contributed by atoms with van der Waals surface area (Å²) in [5.74, 6) is 0.812. The van der Waals surface area contributed by atoms with Crippen molar-refractivity contribution in [2.24, 2.45) is 0 Å². The molecule has 1 amide bonds. The summed E-state index contributed by atoms with van der Waals surface area (Å²) < 4.78 is 1.80. The van der Waals surface area contributed by atoms with E-state index in [2.05, 4.69) is 27.1 Å². The van der Waals surface area contributed by atoms with Crippen molar-refractivity contribution < 1.29 is 4.79 Å². The molecule has 1 aliphatic heterocycles. The van der Waals surface area contributed by atoms with Crippen LogP contribution in [0.5, 0.6) is 0 Å². The van der Waals surface area contributed by atoms with Gasteiger partial charge in [-0.2, -0.15) is 5.10 Å². The maximum absolute atomic E-state index is 13.0. The highest BCUT2D eigenvalue weighted by Gasteiger charge is 2.17. The third-order valence-corrected chi connectivity index (χ3v) is 6.39. The van der Waals surface area contributed by atoms with Crippen LogP contribution in [0.2, 0.25) is 5.02 Å². The lowest BCUT2D eigenvalue weighted by atomic mass is 10.1. The van der Waals surface area contributed by atoms with Crippen molar-refractivity contribution in [2.45, 2.75) is 6.42 Å². The van der Waals surface area contributed by atoms with Gasteiger partial charge in [-0.05, 0) is 43.4 Å². The number of benzene rings is 2. The molecule has 35 heavy (non-hydrogen) atoms. The number of anilines is 2. The molecule has 7 nitrogen and oxygen atoms in total. The average molecular weight is 487 g/mol. The van der Waals surface area contributed by atoms with Crippen LogP contribution in [0.3, 0.4) is 0 Å². The van der Waals surface area contributed by atoms with Gasteiger partial charge in [0, 0.05) is 48.5 Å². The molecule has 3 heterocycles. The second-order valence-electron chi connectivity index (χ2n) is 8.71. The van der Waals surface area contributed by atoms with Crippen molar-refractivity contribution in [3.05, 3.63) is 89.7 Å². The van der Waals surface area contributed by atoms with E-state index in [4.69, 9.17) is 16.7 Å². The molecular formula is C27H27ClN6O. The van der Waals surface area contributed by atoms with Crippen LogP contribution in [-0.4, -0.2) is 58.8 Å². The van der Waals surface area contributed by atoms with Crippen molar-refractivity contribution in [2.75, 3.05) is 43.4 Å². The van der Waals surface area contributed by atoms with Crippen LogP contribution in [0.1, 0.15) is 5.56 Å². The zero-order valence-electron chi connectivity index (χ0n) is 19.6. The van der Waals surface area contributed by atoms with E-state index in [-0.39, 0.29) is 12.3 Å². The molecule has 0 aliphatic carbocycles. The third kappa shape index (κ3) is 5.53. The van der Waals surface area contributed by atoms with E-state index in [1.807, 2.05) is 72.9 Å². The van der Waals surface area contributed by atoms with E-state index < -0.39 is 0 Å². The predicted molar refractivity (Wildman–Crippen MR) is 140 cm³/mol. The van der Waals surface area contributed by atoms with E-state index in [1.54, 1.807) is 10.9 Å². The van der Waals surface area contributed by atoms with Gasteiger partial charge in [0.15, 0.2) is 0 Å². The molecule has 1 aliphatic rings. The number of para-hydroxylation sites is 1. The molecule has 0 bridgehead atoms. The molecule has 1 N–H and O–H groups in total. The minimum Gasteiger partial charge on any atom is -0.354 e. The van der Waals surface area contributed by atoms with Crippen molar-refractivity contribution >= 4 is 29.0 Å². The summed E-state index contributed by atoms with van der Waals surface area (Å²) in [6.45, 7) is 3.95. The quantitative estimate of drug-likeness (QED) is 0.434. The second-order valence-corrected chi connectivity index (χ2v) is 9.15. The van der Waals surface area contributed by atoms with Crippen LogP contribution < -0.4 is 10.2 Å². The number of pyridine rings is 1. The van der Waals surface area contributed by atoms with E-state index in [1.165, 1.54) is 0 Å². The molecule has 0 atom stereocenters. The van der Waals surface area contributed by atoms with E-state index in [9.17, 15) is 4.79 Å². The van der Waals surface area contributed by atoms with Crippen LogP contribution in [0.25, 0.3) is 16.9 Å². The highest BCUT2D eigenvalue weighted by Crippen LogP contribution is 2.26. The lowest BCUT2D eigenvalue weighted by Gasteiger charge is -2.33. The first-order valence-electron chi connectivity index (χ1n) is 11.6. The molecule has 0 unspecified atom stereocenters. The van der Waals surface area contributed by atoms with Gasteiger partial charge in [0.1, 0.15) is 5.82 Å². The summed E-state index contributed by atoms with van der Waals surface area (Å²) in [5, 5.41) is 8.42. The molecule has 0 spiro atoms. The Balaban J connectivity index is 1.33. The van der Waals surface area contributed by atoms with Crippen molar-refractivity contribution in [3.8, 4) is 16.9 Å². The normalized spacial score (nSPS) is 14.2. The van der Waals surface area contributed by atoms with Gasteiger partial charge in [-0.3, -0.25) is 4.79 Å². The molecule has 1 saturated heterocycles. The van der Waals surface area contributed by atoms with E-state index in [0.29, 0.717) is 10.7 Å². The average Bonchev–Trinajstić information content (AvgIpc) is 3.29. The number of hydrogen-bond donors (Lipinski definition) is 1. The van der Waals surface area contributed by atoms with Crippen LogP contribution >= 0.6 is 11.6 Å². The van der Waals surface area contributed by atoms with Crippen LogP contribution in [-0.2, 0) is 11.2 Å². The smallest absolute Gasteiger partial charge is 0.228 e. The Labute approximate surface area is 210 Å². The fourth-order valence-electron chi connectivity index (χ4n) is 4.16. The summed E-state index contributed by atoms with van der Waals surface area (Å²) >= 11 is 6.08. The summed E-state index contributed by atoms with van der Waals surface area (Å²) in [6, 6.07) is 21.2. The van der Waals surface area contributed by atoms with Gasteiger partial charge in [0.05, 0.1) is 29.7 Å². The monoisotopic (exact) mass is 486 g/mol.